The first kappa shape index (κ1) is 15.3. The van der Waals surface area contributed by atoms with E-state index in [1.165, 1.54) is 30.5 Å². The number of rotatable bonds is 4. The predicted molar refractivity (Wildman–Crippen MR) is 85.2 cm³/mol. The summed E-state index contributed by atoms with van der Waals surface area (Å²) in [4.78, 5) is 9.70. The molecule has 20 heavy (non-hydrogen) atoms. The van der Waals surface area contributed by atoms with Gasteiger partial charge in [-0.3, -0.25) is 0 Å². The van der Waals surface area contributed by atoms with Gasteiger partial charge in [-0.2, -0.15) is 0 Å². The van der Waals surface area contributed by atoms with E-state index in [1.807, 2.05) is 0 Å². The minimum Gasteiger partial charge on any atom is -0.370 e. The summed E-state index contributed by atoms with van der Waals surface area (Å²) in [5, 5.41) is 3.53. The summed E-state index contributed by atoms with van der Waals surface area (Å²) in [6, 6.07) is 0. The van der Waals surface area contributed by atoms with Gasteiger partial charge in [0.05, 0.1) is 0 Å². The van der Waals surface area contributed by atoms with Crippen molar-refractivity contribution in [1.29, 1.82) is 0 Å². The molecule has 0 unspecified atom stereocenters. The molecule has 0 amide bonds. The lowest BCUT2D eigenvalue weighted by molar-refractivity contribution is 0.400. The highest BCUT2D eigenvalue weighted by Gasteiger charge is 2.19. The Kier molecular flexibility index (Phi) is 5.00. The quantitative estimate of drug-likeness (QED) is 0.839. The maximum absolute atomic E-state index is 4.88. The van der Waals surface area contributed by atoms with E-state index in [2.05, 4.69) is 33.0 Å². The van der Waals surface area contributed by atoms with Crippen molar-refractivity contribution in [2.24, 2.45) is 5.41 Å². The molecule has 112 valence electrons. The Morgan fingerprint density at radius 2 is 1.80 bits per heavy atom. The monoisotopic (exact) mass is 275 g/mol. The van der Waals surface area contributed by atoms with E-state index < -0.39 is 0 Å². The van der Waals surface area contributed by atoms with Crippen LogP contribution in [0.1, 0.15) is 70.5 Å². The van der Waals surface area contributed by atoms with E-state index in [4.69, 9.17) is 9.97 Å². The summed E-state index contributed by atoms with van der Waals surface area (Å²) in [6.07, 6.45) is 8.20. The topological polar surface area (TPSA) is 37.8 Å². The van der Waals surface area contributed by atoms with Crippen molar-refractivity contribution in [3.8, 4) is 0 Å². The molecule has 0 bridgehead atoms. The maximum atomic E-state index is 4.88. The van der Waals surface area contributed by atoms with Gasteiger partial charge in [0.2, 0.25) is 0 Å². The fourth-order valence-corrected chi connectivity index (χ4v) is 2.76. The zero-order valence-corrected chi connectivity index (χ0v) is 13.6. The van der Waals surface area contributed by atoms with Crippen LogP contribution in [0.4, 0.5) is 5.82 Å². The van der Waals surface area contributed by atoms with Gasteiger partial charge in [0, 0.05) is 24.2 Å². The van der Waals surface area contributed by atoms with Crippen LogP contribution in [0.15, 0.2) is 0 Å². The standard InChI is InChI=1S/C17H29N3/c1-5-11-18-16-13-9-7-6-8-10-14(13)19-15(20-16)12-17(2,3)4/h5-12H2,1-4H3,(H,18,19,20). The second kappa shape index (κ2) is 6.55. The Balaban J connectivity index is 2.33. The number of aryl methyl sites for hydroxylation is 1. The van der Waals surface area contributed by atoms with E-state index >= 15 is 0 Å². The van der Waals surface area contributed by atoms with Crippen molar-refractivity contribution < 1.29 is 0 Å². The number of nitrogens with one attached hydrogen (secondary N) is 1. The normalized spacial score (nSPS) is 15.6. The molecule has 3 nitrogen and oxygen atoms in total. The Hall–Kier alpha value is -1.12. The highest BCUT2D eigenvalue weighted by molar-refractivity contribution is 5.47. The van der Waals surface area contributed by atoms with E-state index in [9.17, 15) is 0 Å². The van der Waals surface area contributed by atoms with Gasteiger partial charge < -0.3 is 5.32 Å². The van der Waals surface area contributed by atoms with Crippen LogP contribution in [0.2, 0.25) is 0 Å². The summed E-state index contributed by atoms with van der Waals surface area (Å²) in [7, 11) is 0. The number of aromatic nitrogens is 2. The molecule has 1 aromatic heterocycles. The number of anilines is 1. The minimum absolute atomic E-state index is 0.237. The molecule has 1 N–H and O–H groups in total. The Morgan fingerprint density at radius 1 is 1.05 bits per heavy atom. The molecule has 1 aromatic rings. The average molecular weight is 275 g/mol. The van der Waals surface area contributed by atoms with Crippen LogP contribution >= 0.6 is 0 Å². The fraction of sp³-hybridized carbons (Fsp3) is 0.765. The van der Waals surface area contributed by atoms with Gasteiger partial charge in [-0.1, -0.05) is 34.1 Å². The van der Waals surface area contributed by atoms with Gasteiger partial charge in [-0.25, -0.2) is 9.97 Å². The molecule has 1 heterocycles. The van der Waals surface area contributed by atoms with Gasteiger partial charge in [-0.05, 0) is 37.5 Å². The average Bonchev–Trinajstić information content (AvgIpc) is 2.59. The van der Waals surface area contributed by atoms with Crippen molar-refractivity contribution in [2.75, 3.05) is 11.9 Å². The molecule has 0 saturated carbocycles. The molecule has 0 radical (unpaired) electrons. The van der Waals surface area contributed by atoms with Crippen LogP contribution in [0.25, 0.3) is 0 Å². The highest BCUT2D eigenvalue weighted by Crippen LogP contribution is 2.27. The second-order valence-corrected chi connectivity index (χ2v) is 7.14. The number of nitrogens with zero attached hydrogens (tertiary/aromatic N) is 2. The van der Waals surface area contributed by atoms with Crippen LogP contribution < -0.4 is 5.32 Å². The van der Waals surface area contributed by atoms with E-state index in [-0.39, 0.29) is 5.41 Å². The minimum atomic E-state index is 0.237. The van der Waals surface area contributed by atoms with Gasteiger partial charge >= 0.3 is 0 Å². The molecular weight excluding hydrogens is 246 g/mol. The largest absolute Gasteiger partial charge is 0.370 e. The summed E-state index contributed by atoms with van der Waals surface area (Å²) in [6.45, 7) is 9.95. The first-order chi connectivity index (χ1) is 9.49. The molecular formula is C17H29N3. The van der Waals surface area contributed by atoms with Crippen molar-refractivity contribution in [2.45, 2.75) is 72.6 Å². The third-order valence-electron chi connectivity index (χ3n) is 3.71. The maximum Gasteiger partial charge on any atom is 0.133 e. The SMILES string of the molecule is CCCNc1nc(CC(C)(C)C)nc2c1CCCCC2. The van der Waals surface area contributed by atoms with Crippen molar-refractivity contribution in [3.63, 3.8) is 0 Å². The molecule has 0 aliphatic heterocycles. The Bertz CT molecular complexity index is 446. The van der Waals surface area contributed by atoms with Gasteiger partial charge in [0.15, 0.2) is 0 Å². The third-order valence-corrected chi connectivity index (χ3v) is 3.71. The van der Waals surface area contributed by atoms with Crippen LogP contribution in [-0.4, -0.2) is 16.5 Å². The lowest BCUT2D eigenvalue weighted by atomic mass is 9.92. The van der Waals surface area contributed by atoms with Crippen molar-refractivity contribution in [3.05, 3.63) is 17.1 Å². The molecule has 0 atom stereocenters. The number of hydrogen-bond donors (Lipinski definition) is 1. The first-order valence-corrected chi connectivity index (χ1v) is 8.12. The van der Waals surface area contributed by atoms with E-state index in [1.54, 1.807) is 0 Å². The lowest BCUT2D eigenvalue weighted by Crippen LogP contribution is -2.16. The smallest absolute Gasteiger partial charge is 0.133 e. The van der Waals surface area contributed by atoms with Crippen LogP contribution in [-0.2, 0) is 19.3 Å². The zero-order valence-electron chi connectivity index (χ0n) is 13.6. The molecule has 1 aliphatic rings. The number of hydrogen-bond acceptors (Lipinski definition) is 3. The van der Waals surface area contributed by atoms with Crippen molar-refractivity contribution in [1.82, 2.24) is 9.97 Å². The summed E-state index contributed by atoms with van der Waals surface area (Å²) >= 11 is 0. The molecule has 0 spiro atoms. The summed E-state index contributed by atoms with van der Waals surface area (Å²) in [5.41, 5.74) is 2.92. The van der Waals surface area contributed by atoms with Crippen LogP contribution in [0.3, 0.4) is 0 Å². The molecule has 0 aromatic carbocycles. The lowest BCUT2D eigenvalue weighted by Gasteiger charge is -2.20. The molecule has 1 aliphatic carbocycles. The summed E-state index contributed by atoms with van der Waals surface area (Å²) < 4.78 is 0. The third kappa shape index (κ3) is 4.19. The van der Waals surface area contributed by atoms with Gasteiger partial charge in [-0.15, -0.1) is 0 Å². The fourth-order valence-electron chi connectivity index (χ4n) is 2.76. The summed E-state index contributed by atoms with van der Waals surface area (Å²) in [5.74, 6) is 2.12. The molecule has 3 heteroatoms. The van der Waals surface area contributed by atoms with Gasteiger partial charge in [0.25, 0.3) is 0 Å². The predicted octanol–water partition coefficient (Wildman–Crippen LogP) is 4.16. The second-order valence-electron chi connectivity index (χ2n) is 7.14. The van der Waals surface area contributed by atoms with E-state index in [0.29, 0.717) is 0 Å². The number of fused-ring (bicyclic) bond motifs is 1. The zero-order chi connectivity index (χ0) is 14.6. The van der Waals surface area contributed by atoms with Crippen LogP contribution in [0.5, 0.6) is 0 Å². The highest BCUT2D eigenvalue weighted by atomic mass is 15.0. The Morgan fingerprint density at radius 3 is 2.50 bits per heavy atom. The first-order valence-electron chi connectivity index (χ1n) is 8.12. The van der Waals surface area contributed by atoms with Crippen LogP contribution in [0, 0.1) is 5.41 Å². The molecule has 0 saturated heterocycles. The van der Waals surface area contributed by atoms with E-state index in [0.717, 1.165) is 43.9 Å². The molecule has 2 rings (SSSR count). The molecule has 0 fully saturated rings. The van der Waals surface area contributed by atoms with Gasteiger partial charge in [0.1, 0.15) is 11.6 Å². The van der Waals surface area contributed by atoms with Crippen molar-refractivity contribution >= 4 is 5.82 Å². The Labute approximate surface area is 123 Å².